The van der Waals surface area contributed by atoms with Crippen molar-refractivity contribution < 1.29 is 62.6 Å². The van der Waals surface area contributed by atoms with Crippen LogP contribution in [0.25, 0.3) is 0 Å². The number of aliphatic carboxylic acids is 1. The van der Waals surface area contributed by atoms with E-state index in [1.807, 2.05) is 0 Å². The van der Waals surface area contributed by atoms with Gasteiger partial charge in [0.15, 0.2) is 0 Å². The summed E-state index contributed by atoms with van der Waals surface area (Å²) in [5, 5.41) is 10.1. The van der Waals surface area contributed by atoms with Crippen molar-refractivity contribution in [1.82, 2.24) is 4.90 Å². The molecule has 4 aliphatic heterocycles. The summed E-state index contributed by atoms with van der Waals surface area (Å²) in [5.41, 5.74) is -8.46. The summed E-state index contributed by atoms with van der Waals surface area (Å²) in [4.78, 5) is 13.0. The number of hydrogen-bond acceptors (Lipinski definition) is 6. The van der Waals surface area contributed by atoms with Gasteiger partial charge in [0.05, 0.1) is 28.9 Å². The van der Waals surface area contributed by atoms with Gasteiger partial charge < -0.3 is 10.0 Å². The number of allylic oxidation sites excluding steroid dienone is 8. The van der Waals surface area contributed by atoms with E-state index < -0.39 is 120 Å². The summed E-state index contributed by atoms with van der Waals surface area (Å²) in [7, 11) is 2.44. The van der Waals surface area contributed by atoms with E-state index in [9.17, 15) is 9.90 Å². The molecule has 8 aliphatic rings. The molecule has 0 aromatic rings. The van der Waals surface area contributed by atoms with Gasteiger partial charge in [-0.05, 0) is 71.2 Å². The minimum absolute atomic E-state index is 0.126. The summed E-state index contributed by atoms with van der Waals surface area (Å²) in [6.07, 6.45) is 4.03. The summed E-state index contributed by atoms with van der Waals surface area (Å²) in [6.45, 7) is 5.56. The van der Waals surface area contributed by atoms with E-state index in [0.717, 1.165) is 47.4 Å². The molecule has 0 amide bonds. The molecule has 0 aromatic carbocycles. The van der Waals surface area contributed by atoms with Crippen molar-refractivity contribution in [3.8, 4) is 0 Å². The van der Waals surface area contributed by atoms with Crippen LogP contribution in [0.4, 0.5) is 52.7 Å². The highest BCUT2D eigenvalue weighted by Crippen LogP contribution is 2.76. The van der Waals surface area contributed by atoms with Gasteiger partial charge in [0.25, 0.3) is 0 Å². The Morgan fingerprint density at radius 3 is 1.23 bits per heavy atom. The predicted molar refractivity (Wildman–Crippen MR) is 181 cm³/mol. The number of carboxylic acids is 1. The molecule has 4 aliphatic carbocycles. The van der Waals surface area contributed by atoms with Gasteiger partial charge in [-0.25, -0.2) is 4.79 Å². The van der Waals surface area contributed by atoms with Gasteiger partial charge in [-0.15, -0.1) is 35.3 Å². The fourth-order valence-corrected chi connectivity index (χ4v) is 17.1. The van der Waals surface area contributed by atoms with E-state index in [1.165, 1.54) is 38.7 Å². The SMILES string of the molecule is CN(C)C1=CC2=C3C(=C4C=C([Si]C5=CC6=C7C(=C8C=C(C(=O)O)S[C@@]8(C)[C@]6(C)S5)C(F)(F)C(F)(F)C7(F)F)S[C@]4(C)[C@@]2(C)S1)C(F)(F)C(F)(F)C3(F)F. The topological polar surface area (TPSA) is 40.5 Å². The zero-order valence-electron chi connectivity index (χ0n) is 27.8. The molecule has 20 heteroatoms. The number of rotatable bonds is 4. The van der Waals surface area contributed by atoms with Crippen molar-refractivity contribution in [2.24, 2.45) is 0 Å². The Balaban J connectivity index is 1.29. The van der Waals surface area contributed by atoms with Crippen LogP contribution >= 0.6 is 47.0 Å². The predicted octanol–water partition coefficient (Wildman–Crippen LogP) is 9.82. The molecule has 4 atom stereocenters. The maximum Gasteiger partial charge on any atom is 0.380 e. The zero-order valence-corrected chi connectivity index (χ0v) is 32.0. The van der Waals surface area contributed by atoms with E-state index in [1.54, 1.807) is 14.1 Å². The standard InChI is InChI=1S/C33H23F12NO2S4Si/c1-24-11(7-15(49-24)23(47)48)19-21(30(38,39)32(42,43)28(19,34)35)13-9-17(51-26(13,24)3)53-18-10-14-22-20(29(36,37)33(44,45)31(22,40)41)12-8-16(46(5)6)50-25(12,2)27(14,4)52-18/h7-10H,1-6H3,(H,47,48)/t24-,25+,26-,27+/m1/s1. The molecule has 2 radical (unpaired) electrons. The molecule has 0 unspecified atom stereocenters. The van der Waals surface area contributed by atoms with E-state index in [-0.39, 0.29) is 9.06 Å². The highest BCUT2D eigenvalue weighted by Gasteiger charge is 2.86. The lowest BCUT2D eigenvalue weighted by molar-refractivity contribution is -0.258. The van der Waals surface area contributed by atoms with Gasteiger partial charge in [0, 0.05) is 36.4 Å². The van der Waals surface area contributed by atoms with Crippen molar-refractivity contribution in [3.05, 3.63) is 87.9 Å². The number of thioether (sulfide) groups is 4. The average molecular weight is 850 g/mol. The van der Waals surface area contributed by atoms with Crippen LogP contribution in [-0.2, 0) is 4.79 Å². The third-order valence-electron chi connectivity index (χ3n) is 11.5. The van der Waals surface area contributed by atoms with Crippen molar-refractivity contribution in [1.29, 1.82) is 0 Å². The van der Waals surface area contributed by atoms with Gasteiger partial charge in [-0.2, -0.15) is 52.7 Å². The fourth-order valence-electron chi connectivity index (χ4n) is 8.37. The first-order valence-corrected chi connectivity index (χ1v) is 19.8. The van der Waals surface area contributed by atoms with Crippen LogP contribution in [-0.4, -0.2) is 94.1 Å². The highest BCUT2D eigenvalue weighted by atomic mass is 32.2. The molecule has 0 spiro atoms. The third kappa shape index (κ3) is 3.89. The second-order valence-electron chi connectivity index (χ2n) is 14.5. The summed E-state index contributed by atoms with van der Waals surface area (Å²) in [5.74, 6) is -34.7. The van der Waals surface area contributed by atoms with Gasteiger partial charge in [-0.1, -0.05) is 23.9 Å². The smallest absolute Gasteiger partial charge is 0.380 e. The first kappa shape index (κ1) is 37.9. The lowest BCUT2D eigenvalue weighted by atomic mass is 9.71. The lowest BCUT2D eigenvalue weighted by Gasteiger charge is -2.47. The Kier molecular flexibility index (Phi) is 7.21. The second kappa shape index (κ2) is 10.1. The molecule has 2 fully saturated rings. The molecule has 8 rings (SSSR count). The molecular formula is C33H23F12NO2S4Si. The average Bonchev–Trinajstić information content (AvgIpc) is 3.78. The third-order valence-corrected chi connectivity index (χ3v) is 19.8. The number of carboxylic acid groups (broad SMARTS) is 1. The maximum absolute atomic E-state index is 15.7. The van der Waals surface area contributed by atoms with E-state index in [2.05, 4.69) is 0 Å². The van der Waals surface area contributed by atoms with Gasteiger partial charge in [0.2, 0.25) is 0 Å². The van der Waals surface area contributed by atoms with E-state index in [0.29, 0.717) is 22.9 Å². The maximum atomic E-state index is 15.7. The quantitative estimate of drug-likeness (QED) is 0.223. The number of carbonyl (C=O) groups is 1. The normalized spacial score (nSPS) is 38.5. The molecule has 3 nitrogen and oxygen atoms in total. The molecule has 0 aromatic heterocycles. The minimum atomic E-state index is -5.89. The van der Waals surface area contributed by atoms with E-state index in [4.69, 9.17) is 0 Å². The number of halogens is 12. The number of fused-ring (bicyclic) bond motifs is 8. The highest BCUT2D eigenvalue weighted by molar-refractivity contribution is 8.12. The van der Waals surface area contributed by atoms with Crippen LogP contribution < -0.4 is 0 Å². The molecule has 53 heavy (non-hydrogen) atoms. The lowest BCUT2D eigenvalue weighted by Crippen LogP contribution is -2.49. The molecule has 4 heterocycles. The molecule has 0 bridgehead atoms. The van der Waals surface area contributed by atoms with Crippen LogP contribution in [0, 0.1) is 0 Å². The Labute approximate surface area is 313 Å². The van der Waals surface area contributed by atoms with Crippen LogP contribution in [0.1, 0.15) is 27.7 Å². The summed E-state index contributed by atoms with van der Waals surface area (Å²) in [6, 6.07) is 0. The Morgan fingerprint density at radius 2 is 0.868 bits per heavy atom. The first-order chi connectivity index (χ1) is 23.9. The van der Waals surface area contributed by atoms with E-state index >= 15 is 52.7 Å². The van der Waals surface area contributed by atoms with Gasteiger partial charge >= 0.3 is 41.5 Å². The number of hydrogen-bond donors (Lipinski definition) is 1. The Hall–Kier alpha value is -2.03. The largest absolute Gasteiger partial charge is 0.477 e. The van der Waals surface area contributed by atoms with Crippen molar-refractivity contribution in [2.75, 3.05) is 14.1 Å². The van der Waals surface area contributed by atoms with Gasteiger partial charge in [0.1, 0.15) is 9.52 Å². The van der Waals surface area contributed by atoms with Crippen LogP contribution in [0.15, 0.2) is 87.9 Å². The van der Waals surface area contributed by atoms with Crippen molar-refractivity contribution >= 4 is 62.5 Å². The van der Waals surface area contributed by atoms with Crippen LogP contribution in [0.3, 0.4) is 0 Å². The number of nitrogens with zero attached hydrogens (tertiary/aromatic N) is 1. The van der Waals surface area contributed by atoms with Crippen LogP contribution in [0.2, 0.25) is 0 Å². The monoisotopic (exact) mass is 849 g/mol. The number of alkyl halides is 12. The Morgan fingerprint density at radius 1 is 0.547 bits per heavy atom. The second-order valence-corrected chi connectivity index (χ2v) is 22.3. The minimum Gasteiger partial charge on any atom is -0.477 e. The van der Waals surface area contributed by atoms with Gasteiger partial charge in [-0.3, -0.25) is 0 Å². The zero-order chi connectivity index (χ0) is 39.4. The molecular weight excluding hydrogens is 827 g/mol. The molecule has 284 valence electrons. The van der Waals surface area contributed by atoms with Crippen molar-refractivity contribution in [3.63, 3.8) is 0 Å². The van der Waals surface area contributed by atoms with Crippen molar-refractivity contribution in [2.45, 2.75) is 82.2 Å². The fraction of sp³-hybridized carbons (Fsp3) is 0.485. The molecule has 2 saturated carbocycles. The Bertz CT molecular complexity index is 2170. The summed E-state index contributed by atoms with van der Waals surface area (Å²) < 4.78 is 179. The summed E-state index contributed by atoms with van der Waals surface area (Å²) >= 11 is 3.29. The molecule has 1 N–H and O–H groups in total. The first-order valence-electron chi connectivity index (χ1n) is 15.5. The van der Waals surface area contributed by atoms with Crippen LogP contribution in [0.5, 0.6) is 0 Å². The molecule has 0 saturated heterocycles.